The Labute approximate surface area is 97.5 Å². The lowest BCUT2D eigenvalue weighted by atomic mass is 10.4. The van der Waals surface area contributed by atoms with Crippen LogP contribution >= 0.6 is 11.6 Å². The third kappa shape index (κ3) is 1.89. The first kappa shape index (κ1) is 11.0. The smallest absolute Gasteiger partial charge is 0.283 e. The molecule has 0 aliphatic carbocycles. The average Bonchev–Trinajstić information content (AvgIpc) is 2.66. The highest BCUT2D eigenvalue weighted by Crippen LogP contribution is 2.16. The maximum atomic E-state index is 12.0. The SMILES string of the molecule is Nc1ccn(S(=O)(=O)c2ccc(Cl)cc2)n1. The zero-order chi connectivity index (χ0) is 11.8. The molecule has 2 aromatic rings. The quantitative estimate of drug-likeness (QED) is 0.881. The van der Waals surface area contributed by atoms with Gasteiger partial charge in [0.05, 0.1) is 4.90 Å². The van der Waals surface area contributed by atoms with Crippen molar-refractivity contribution in [2.75, 3.05) is 5.73 Å². The van der Waals surface area contributed by atoms with E-state index in [1.165, 1.54) is 36.5 Å². The van der Waals surface area contributed by atoms with Crippen LogP contribution in [0.1, 0.15) is 0 Å². The maximum absolute atomic E-state index is 12.0. The first-order valence-corrected chi connectivity index (χ1v) is 6.14. The number of hydrogen-bond acceptors (Lipinski definition) is 4. The summed E-state index contributed by atoms with van der Waals surface area (Å²) in [7, 11) is -3.67. The molecule has 0 bridgehead atoms. The highest BCUT2D eigenvalue weighted by atomic mass is 35.5. The Morgan fingerprint density at radius 2 is 1.81 bits per heavy atom. The van der Waals surface area contributed by atoms with E-state index in [4.69, 9.17) is 17.3 Å². The van der Waals surface area contributed by atoms with Gasteiger partial charge in [-0.3, -0.25) is 0 Å². The van der Waals surface area contributed by atoms with Crippen molar-refractivity contribution in [3.05, 3.63) is 41.6 Å². The number of rotatable bonds is 2. The summed E-state index contributed by atoms with van der Waals surface area (Å²) in [5.74, 6) is 0.150. The van der Waals surface area contributed by atoms with Crippen LogP contribution in [0.2, 0.25) is 5.02 Å². The molecule has 0 unspecified atom stereocenters. The van der Waals surface area contributed by atoms with Crippen molar-refractivity contribution in [1.82, 2.24) is 9.19 Å². The molecule has 1 heterocycles. The number of halogens is 1. The zero-order valence-corrected chi connectivity index (χ0v) is 9.61. The minimum absolute atomic E-state index is 0.111. The van der Waals surface area contributed by atoms with Gasteiger partial charge in [0.1, 0.15) is 5.82 Å². The van der Waals surface area contributed by atoms with Crippen molar-refractivity contribution in [3.8, 4) is 0 Å². The van der Waals surface area contributed by atoms with E-state index in [0.717, 1.165) is 4.09 Å². The molecule has 1 aromatic heterocycles. The van der Waals surface area contributed by atoms with Crippen LogP contribution in [0.15, 0.2) is 41.4 Å². The number of hydrogen-bond donors (Lipinski definition) is 1. The molecular weight excluding hydrogens is 250 g/mol. The van der Waals surface area contributed by atoms with Crippen LogP contribution in [0, 0.1) is 0 Å². The Kier molecular flexibility index (Phi) is 2.61. The van der Waals surface area contributed by atoms with Gasteiger partial charge in [0.25, 0.3) is 10.0 Å². The summed E-state index contributed by atoms with van der Waals surface area (Å²) in [6, 6.07) is 7.24. The second kappa shape index (κ2) is 3.80. The number of aromatic nitrogens is 2. The predicted octanol–water partition coefficient (Wildman–Crippen LogP) is 1.36. The van der Waals surface area contributed by atoms with Crippen molar-refractivity contribution in [2.45, 2.75) is 4.90 Å². The topological polar surface area (TPSA) is 78.0 Å². The second-order valence-corrected chi connectivity index (χ2v) is 5.30. The fourth-order valence-electron chi connectivity index (χ4n) is 1.17. The molecular formula is C9H8ClN3O2S. The van der Waals surface area contributed by atoms with Crippen LogP contribution in [-0.2, 0) is 10.0 Å². The summed E-state index contributed by atoms with van der Waals surface area (Å²) in [4.78, 5) is 0.111. The van der Waals surface area contributed by atoms with Gasteiger partial charge in [-0.1, -0.05) is 11.6 Å². The molecule has 0 atom stereocenters. The summed E-state index contributed by atoms with van der Waals surface area (Å²) in [6.07, 6.45) is 1.29. The lowest BCUT2D eigenvalue weighted by molar-refractivity contribution is 0.580. The molecule has 2 N–H and O–H groups in total. The number of nitrogens with two attached hydrogens (primary N) is 1. The van der Waals surface area contributed by atoms with Gasteiger partial charge in [-0.15, -0.1) is 5.10 Å². The lowest BCUT2D eigenvalue weighted by Crippen LogP contribution is -2.13. The van der Waals surface area contributed by atoms with Crippen molar-refractivity contribution in [1.29, 1.82) is 0 Å². The van der Waals surface area contributed by atoms with Crippen LogP contribution in [0.25, 0.3) is 0 Å². The van der Waals surface area contributed by atoms with Gasteiger partial charge >= 0.3 is 0 Å². The minimum atomic E-state index is -3.67. The first-order valence-electron chi connectivity index (χ1n) is 4.32. The molecule has 16 heavy (non-hydrogen) atoms. The second-order valence-electron chi connectivity index (χ2n) is 3.07. The molecule has 1 aromatic carbocycles. The number of anilines is 1. The zero-order valence-electron chi connectivity index (χ0n) is 8.04. The molecule has 0 aliphatic heterocycles. The van der Waals surface area contributed by atoms with E-state index < -0.39 is 10.0 Å². The van der Waals surface area contributed by atoms with E-state index in [0.29, 0.717) is 5.02 Å². The van der Waals surface area contributed by atoms with Gasteiger partial charge in [0, 0.05) is 17.3 Å². The summed E-state index contributed by atoms with van der Waals surface area (Å²) in [5.41, 5.74) is 5.36. The molecule has 7 heteroatoms. The highest BCUT2D eigenvalue weighted by molar-refractivity contribution is 7.89. The van der Waals surface area contributed by atoms with Gasteiger partial charge in [-0.25, -0.2) is 0 Å². The fourth-order valence-corrected chi connectivity index (χ4v) is 2.41. The summed E-state index contributed by atoms with van der Waals surface area (Å²) in [5, 5.41) is 4.13. The molecule has 0 saturated heterocycles. The summed E-state index contributed by atoms with van der Waals surface area (Å²) >= 11 is 5.67. The maximum Gasteiger partial charge on any atom is 0.283 e. The van der Waals surface area contributed by atoms with Crippen LogP contribution < -0.4 is 5.73 Å². The van der Waals surface area contributed by atoms with Crippen molar-refractivity contribution >= 4 is 27.4 Å². The Hall–Kier alpha value is -1.53. The Bertz CT molecular complexity index is 604. The molecule has 2 rings (SSSR count). The highest BCUT2D eigenvalue weighted by Gasteiger charge is 2.17. The number of nitrogens with zero attached hydrogens (tertiary/aromatic N) is 2. The van der Waals surface area contributed by atoms with Crippen molar-refractivity contribution < 1.29 is 8.42 Å². The van der Waals surface area contributed by atoms with E-state index in [1.54, 1.807) is 0 Å². The molecule has 0 aliphatic rings. The van der Waals surface area contributed by atoms with E-state index in [9.17, 15) is 8.42 Å². The molecule has 0 fully saturated rings. The molecule has 0 radical (unpaired) electrons. The minimum Gasteiger partial charge on any atom is -0.382 e. The molecule has 0 saturated carbocycles. The van der Waals surface area contributed by atoms with Crippen LogP contribution in [0.4, 0.5) is 5.82 Å². The fraction of sp³-hybridized carbons (Fsp3) is 0. The standard InChI is InChI=1S/C9H8ClN3O2S/c10-7-1-3-8(4-2-7)16(14,15)13-6-5-9(11)12-13/h1-6H,(H2,11,12). The van der Waals surface area contributed by atoms with Crippen LogP contribution in [0.5, 0.6) is 0 Å². The normalized spacial score (nSPS) is 11.6. The molecule has 0 amide bonds. The number of nitrogen functional groups attached to an aromatic ring is 1. The monoisotopic (exact) mass is 257 g/mol. The third-order valence-corrected chi connectivity index (χ3v) is 3.76. The third-order valence-electron chi connectivity index (χ3n) is 1.94. The van der Waals surface area contributed by atoms with Gasteiger partial charge in [0.15, 0.2) is 0 Å². The van der Waals surface area contributed by atoms with E-state index in [1.807, 2.05) is 0 Å². The molecule has 0 spiro atoms. The van der Waals surface area contributed by atoms with Crippen LogP contribution in [-0.4, -0.2) is 17.6 Å². The van der Waals surface area contributed by atoms with Gasteiger partial charge in [-0.05, 0) is 24.3 Å². The van der Waals surface area contributed by atoms with E-state index in [2.05, 4.69) is 5.10 Å². The van der Waals surface area contributed by atoms with E-state index >= 15 is 0 Å². The Balaban J connectivity index is 2.51. The van der Waals surface area contributed by atoms with Gasteiger partial charge < -0.3 is 5.73 Å². The van der Waals surface area contributed by atoms with Gasteiger partial charge in [-0.2, -0.15) is 12.5 Å². The summed E-state index contributed by atoms with van der Waals surface area (Å²) < 4.78 is 24.7. The lowest BCUT2D eigenvalue weighted by Gasteiger charge is -2.03. The summed E-state index contributed by atoms with van der Waals surface area (Å²) in [6.45, 7) is 0. The van der Waals surface area contributed by atoms with Crippen molar-refractivity contribution in [2.24, 2.45) is 0 Å². The molecule has 84 valence electrons. The first-order chi connectivity index (χ1) is 7.50. The van der Waals surface area contributed by atoms with Crippen molar-refractivity contribution in [3.63, 3.8) is 0 Å². The van der Waals surface area contributed by atoms with E-state index in [-0.39, 0.29) is 10.7 Å². The predicted molar refractivity (Wildman–Crippen MR) is 60.7 cm³/mol. The number of benzene rings is 1. The van der Waals surface area contributed by atoms with Gasteiger partial charge in [0.2, 0.25) is 0 Å². The Morgan fingerprint density at radius 3 is 2.31 bits per heavy atom. The Morgan fingerprint density at radius 1 is 1.19 bits per heavy atom. The van der Waals surface area contributed by atoms with Crippen LogP contribution in [0.3, 0.4) is 0 Å². The average molecular weight is 258 g/mol. The molecule has 5 nitrogen and oxygen atoms in total. The largest absolute Gasteiger partial charge is 0.382 e.